The second kappa shape index (κ2) is 19.1. The van der Waals surface area contributed by atoms with Crippen molar-refractivity contribution in [2.75, 3.05) is 10.6 Å². The SMILES string of the molecule is CC(C)[C@@H](Nc1cncc(-c2c[nH]c3ncc(C(=O)O)cc23)n1)C(=O)CCC(F)(F)F.CC(C)[C@@H](Nc1cncc(-c2c[nH]c3ncc(C(N)=O)cc23)n1)C(=O)CCC(F)(F)F. The summed E-state index contributed by atoms with van der Waals surface area (Å²) < 4.78 is 74.9. The number of fused-ring (bicyclic) bond motifs is 2. The van der Waals surface area contributed by atoms with Gasteiger partial charge in [0.1, 0.15) is 22.9 Å². The van der Waals surface area contributed by atoms with Crippen LogP contribution in [0.1, 0.15) is 74.1 Å². The highest BCUT2D eigenvalue weighted by atomic mass is 19.4. The van der Waals surface area contributed by atoms with Crippen molar-refractivity contribution in [2.45, 2.75) is 77.8 Å². The van der Waals surface area contributed by atoms with E-state index in [4.69, 9.17) is 5.73 Å². The molecule has 62 heavy (non-hydrogen) atoms. The molecule has 6 aromatic rings. The van der Waals surface area contributed by atoms with Crippen molar-refractivity contribution >= 4 is 57.1 Å². The van der Waals surface area contributed by atoms with E-state index in [-0.39, 0.29) is 34.6 Å². The molecule has 0 saturated carbocycles. The molecule has 16 nitrogen and oxygen atoms in total. The number of carboxylic acid groups (broad SMARTS) is 1. The zero-order chi connectivity index (χ0) is 45.5. The first-order chi connectivity index (χ1) is 29.1. The maximum absolute atomic E-state index is 12.5. The van der Waals surface area contributed by atoms with Gasteiger partial charge in [0.2, 0.25) is 5.91 Å². The third-order valence-corrected chi connectivity index (χ3v) is 9.36. The summed E-state index contributed by atoms with van der Waals surface area (Å²) in [6.45, 7) is 6.91. The summed E-state index contributed by atoms with van der Waals surface area (Å²) >= 11 is 0. The molecular formula is C40H41F6N11O5. The number of halogens is 6. The summed E-state index contributed by atoms with van der Waals surface area (Å²) in [6.07, 6.45) is -0.877. The predicted octanol–water partition coefficient (Wildman–Crippen LogP) is 7.53. The number of nitrogens with zero attached hydrogens (tertiary/aromatic N) is 6. The number of hydrogen-bond donors (Lipinski definition) is 6. The minimum Gasteiger partial charge on any atom is -0.478 e. The van der Waals surface area contributed by atoms with Crippen molar-refractivity contribution in [1.82, 2.24) is 39.9 Å². The van der Waals surface area contributed by atoms with Crippen LogP contribution in [-0.2, 0) is 9.59 Å². The number of aromatic nitrogens is 8. The maximum Gasteiger partial charge on any atom is 0.389 e. The number of Topliss-reactive ketones (excluding diaryl/α,β-unsaturated/α-hetero) is 2. The number of carbonyl (C=O) groups excluding carboxylic acids is 3. The Morgan fingerprint density at radius 1 is 0.661 bits per heavy atom. The van der Waals surface area contributed by atoms with Crippen LogP contribution >= 0.6 is 0 Å². The Hall–Kier alpha value is -7.00. The highest BCUT2D eigenvalue weighted by Gasteiger charge is 2.32. The van der Waals surface area contributed by atoms with Crippen LogP contribution in [0, 0.1) is 11.8 Å². The number of ketones is 2. The van der Waals surface area contributed by atoms with E-state index in [1.165, 1.54) is 43.2 Å². The number of alkyl halides is 6. The van der Waals surface area contributed by atoms with E-state index in [0.29, 0.717) is 44.6 Å². The molecule has 0 bridgehead atoms. The first-order valence-corrected chi connectivity index (χ1v) is 18.9. The fraction of sp³-hybridized carbons (Fsp3) is 0.350. The van der Waals surface area contributed by atoms with Crippen LogP contribution in [0.4, 0.5) is 38.0 Å². The summed E-state index contributed by atoms with van der Waals surface area (Å²) in [5.74, 6) is -2.95. The number of aromatic carboxylic acids is 1. The lowest BCUT2D eigenvalue weighted by atomic mass is 9.97. The molecule has 0 aliphatic heterocycles. The third kappa shape index (κ3) is 12.1. The molecule has 0 fully saturated rings. The van der Waals surface area contributed by atoms with E-state index in [9.17, 15) is 50.6 Å². The van der Waals surface area contributed by atoms with E-state index in [1.54, 1.807) is 46.2 Å². The largest absolute Gasteiger partial charge is 0.478 e. The summed E-state index contributed by atoms with van der Waals surface area (Å²) in [6, 6.07) is 1.32. The lowest BCUT2D eigenvalue weighted by molar-refractivity contribution is -0.143. The van der Waals surface area contributed by atoms with Gasteiger partial charge in [-0.15, -0.1) is 0 Å². The van der Waals surface area contributed by atoms with E-state index >= 15 is 0 Å². The van der Waals surface area contributed by atoms with Crippen molar-refractivity contribution in [3.8, 4) is 22.5 Å². The van der Waals surface area contributed by atoms with E-state index in [0.717, 1.165) is 0 Å². The third-order valence-electron chi connectivity index (χ3n) is 9.36. The molecule has 0 saturated heterocycles. The average Bonchev–Trinajstić information content (AvgIpc) is 3.84. The molecule has 6 rings (SSSR count). The normalized spacial score (nSPS) is 12.8. The van der Waals surface area contributed by atoms with E-state index in [2.05, 4.69) is 50.5 Å². The van der Waals surface area contributed by atoms with Crippen LogP contribution in [0.25, 0.3) is 44.6 Å². The first-order valence-electron chi connectivity index (χ1n) is 18.9. The van der Waals surface area contributed by atoms with Gasteiger partial charge in [0.05, 0.1) is 72.2 Å². The van der Waals surface area contributed by atoms with Crippen LogP contribution in [0.3, 0.4) is 0 Å². The molecule has 0 aliphatic rings. The molecule has 22 heteroatoms. The van der Waals surface area contributed by atoms with Crippen molar-refractivity contribution in [3.63, 3.8) is 0 Å². The summed E-state index contributed by atoms with van der Waals surface area (Å²) in [5.41, 5.74) is 8.48. The molecule has 6 heterocycles. The number of nitrogens with two attached hydrogens (primary N) is 1. The van der Waals surface area contributed by atoms with Gasteiger partial charge >= 0.3 is 18.3 Å². The van der Waals surface area contributed by atoms with Crippen LogP contribution in [0.15, 0.2) is 61.7 Å². The lowest BCUT2D eigenvalue weighted by Gasteiger charge is -2.22. The number of amides is 1. The summed E-state index contributed by atoms with van der Waals surface area (Å²) in [4.78, 5) is 78.6. The zero-order valence-corrected chi connectivity index (χ0v) is 33.5. The van der Waals surface area contributed by atoms with Crippen molar-refractivity contribution in [3.05, 3.63) is 72.8 Å². The number of primary amides is 1. The molecule has 0 radical (unpaired) electrons. The number of H-pyrrole nitrogens is 2. The van der Waals surface area contributed by atoms with Gasteiger partial charge < -0.3 is 31.4 Å². The number of anilines is 2. The summed E-state index contributed by atoms with van der Waals surface area (Å²) in [7, 11) is 0. The first kappa shape index (κ1) is 46.1. The van der Waals surface area contributed by atoms with Gasteiger partial charge in [-0.1, -0.05) is 27.7 Å². The minimum absolute atomic E-state index is 0.00530. The van der Waals surface area contributed by atoms with Crippen LogP contribution in [0.5, 0.6) is 0 Å². The summed E-state index contributed by atoms with van der Waals surface area (Å²) in [5, 5.41) is 16.1. The van der Waals surface area contributed by atoms with Gasteiger partial charge in [0.25, 0.3) is 0 Å². The van der Waals surface area contributed by atoms with E-state index < -0.39 is 73.6 Å². The van der Waals surface area contributed by atoms with Gasteiger partial charge in [0, 0.05) is 59.5 Å². The molecule has 0 aromatic carbocycles. The lowest BCUT2D eigenvalue weighted by Crippen LogP contribution is -2.35. The average molecular weight is 870 g/mol. The fourth-order valence-electron chi connectivity index (χ4n) is 6.21. The van der Waals surface area contributed by atoms with Gasteiger partial charge in [-0.2, -0.15) is 26.3 Å². The molecule has 0 spiro atoms. The molecule has 7 N–H and O–H groups in total. The Morgan fingerprint density at radius 2 is 1.06 bits per heavy atom. The molecule has 1 amide bonds. The van der Waals surface area contributed by atoms with Gasteiger partial charge in [-0.3, -0.25) is 24.4 Å². The predicted molar refractivity (Wildman–Crippen MR) is 215 cm³/mol. The maximum atomic E-state index is 12.5. The quantitative estimate of drug-likeness (QED) is 0.0516. The number of rotatable bonds is 16. The van der Waals surface area contributed by atoms with Crippen molar-refractivity contribution in [1.29, 1.82) is 0 Å². The molecule has 2 atom stereocenters. The second-order valence-electron chi connectivity index (χ2n) is 14.8. The highest BCUT2D eigenvalue weighted by Crippen LogP contribution is 2.30. The molecule has 0 aliphatic carbocycles. The Balaban J connectivity index is 0.000000234. The number of carbonyl (C=O) groups is 4. The number of nitrogens with one attached hydrogen (secondary N) is 4. The van der Waals surface area contributed by atoms with Gasteiger partial charge in [-0.25, -0.2) is 24.7 Å². The van der Waals surface area contributed by atoms with Crippen LogP contribution < -0.4 is 16.4 Å². The molecular weight excluding hydrogens is 828 g/mol. The molecule has 6 aromatic heterocycles. The Morgan fingerprint density at radius 3 is 1.44 bits per heavy atom. The van der Waals surface area contributed by atoms with Crippen LogP contribution in [0.2, 0.25) is 0 Å². The number of carboxylic acids is 1. The zero-order valence-electron chi connectivity index (χ0n) is 33.5. The Bertz CT molecular complexity index is 2400. The minimum atomic E-state index is -4.41. The Kier molecular flexibility index (Phi) is 14.2. The van der Waals surface area contributed by atoms with Gasteiger partial charge in [0.15, 0.2) is 11.6 Å². The fourth-order valence-corrected chi connectivity index (χ4v) is 6.21. The Labute approximate surface area is 348 Å². The smallest absolute Gasteiger partial charge is 0.389 e. The monoisotopic (exact) mass is 869 g/mol. The van der Waals surface area contributed by atoms with Crippen LogP contribution in [-0.4, -0.2) is 92.9 Å². The van der Waals surface area contributed by atoms with Gasteiger partial charge in [-0.05, 0) is 24.0 Å². The number of hydrogen-bond acceptors (Lipinski definition) is 12. The van der Waals surface area contributed by atoms with Crippen molar-refractivity contribution in [2.24, 2.45) is 17.6 Å². The number of pyridine rings is 2. The van der Waals surface area contributed by atoms with E-state index in [1.807, 2.05) is 0 Å². The topological polar surface area (TPSA) is 248 Å². The standard InChI is InChI=1S/C20H21F3N6O2.C20H20F3N5O3/c1-10(2)17(15(30)3-4-20(21,22)23)29-16-9-25-8-14(28-16)13-7-27-19-12(13)5-11(6-26-19)18(24)31;1-10(2)17(15(29)3-4-20(21,22)23)28-16-9-24-8-14(27-16)13-7-26-18-12(13)5-11(6-25-18)19(30)31/h5-10,17H,3-4H2,1-2H3,(H2,24,31)(H,26,27)(H,28,29);5-10,17H,3-4H2,1-2H3,(H,25,26)(H,27,28)(H,30,31)/t2*17-/m11/s1. The molecule has 0 unspecified atom stereocenters. The second-order valence-corrected chi connectivity index (χ2v) is 14.8. The van der Waals surface area contributed by atoms with Crippen molar-refractivity contribution < 1.29 is 50.6 Å². The molecule has 328 valence electrons. The number of aromatic amines is 2. The highest BCUT2D eigenvalue weighted by molar-refractivity contribution is 6.00.